The molecule has 0 bridgehead atoms. The summed E-state index contributed by atoms with van der Waals surface area (Å²) in [6.07, 6.45) is 0. The van der Waals surface area contributed by atoms with Gasteiger partial charge in [0.25, 0.3) is 5.91 Å². The van der Waals surface area contributed by atoms with Crippen LogP contribution >= 0.6 is 22.9 Å². The van der Waals surface area contributed by atoms with E-state index in [4.69, 9.17) is 16.3 Å². The van der Waals surface area contributed by atoms with Gasteiger partial charge in [0.15, 0.2) is 4.80 Å². The van der Waals surface area contributed by atoms with Crippen LogP contribution in [0.3, 0.4) is 0 Å². The Morgan fingerprint density at radius 2 is 1.85 bits per heavy atom. The van der Waals surface area contributed by atoms with E-state index in [-0.39, 0.29) is 5.91 Å². The van der Waals surface area contributed by atoms with Gasteiger partial charge in [-0.05, 0) is 41.1 Å². The minimum absolute atomic E-state index is 0.333. The van der Waals surface area contributed by atoms with Crippen LogP contribution < -0.4 is 9.54 Å². The van der Waals surface area contributed by atoms with Crippen molar-refractivity contribution in [1.82, 2.24) is 4.57 Å². The molecule has 130 valence electrons. The van der Waals surface area contributed by atoms with Gasteiger partial charge in [0.1, 0.15) is 5.75 Å². The maximum atomic E-state index is 12.9. The van der Waals surface area contributed by atoms with Crippen LogP contribution in [0, 0.1) is 0 Å². The molecule has 6 heteroatoms. The summed E-state index contributed by atoms with van der Waals surface area (Å²) in [5.41, 5.74) is 1.43. The standard InChI is InChI=1S/C20H15ClN2O2S/c1-23-16-8-7-14(21)11-18(16)26-20(23)22-19(24)15-9-12-5-3-4-6-13(12)10-17(15)25-2/h3-11H,1-2H3. The highest BCUT2D eigenvalue weighted by Crippen LogP contribution is 2.27. The second-order valence-corrected chi connectivity index (χ2v) is 7.32. The summed E-state index contributed by atoms with van der Waals surface area (Å²) < 4.78 is 8.29. The largest absolute Gasteiger partial charge is 0.496 e. The van der Waals surface area contributed by atoms with Gasteiger partial charge in [-0.3, -0.25) is 4.79 Å². The van der Waals surface area contributed by atoms with Crippen LogP contribution in [-0.2, 0) is 7.05 Å². The molecule has 0 aliphatic rings. The van der Waals surface area contributed by atoms with E-state index in [0.717, 1.165) is 21.0 Å². The molecule has 4 nitrogen and oxygen atoms in total. The lowest BCUT2D eigenvalue weighted by molar-refractivity contribution is 0.0995. The molecule has 26 heavy (non-hydrogen) atoms. The van der Waals surface area contributed by atoms with Crippen molar-refractivity contribution in [3.05, 3.63) is 70.0 Å². The molecule has 1 heterocycles. The molecular formula is C20H15ClN2O2S. The predicted octanol–water partition coefficient (Wildman–Crippen LogP) is 4.80. The number of aryl methyl sites for hydroxylation is 1. The summed E-state index contributed by atoms with van der Waals surface area (Å²) in [5.74, 6) is 0.185. The lowest BCUT2D eigenvalue weighted by atomic mass is 10.1. The number of ether oxygens (including phenoxy) is 1. The number of hydrogen-bond donors (Lipinski definition) is 0. The molecule has 0 radical (unpaired) electrons. The monoisotopic (exact) mass is 382 g/mol. The molecule has 0 N–H and O–H groups in total. The zero-order valence-corrected chi connectivity index (χ0v) is 15.8. The van der Waals surface area contributed by atoms with Crippen LogP contribution in [0.1, 0.15) is 10.4 Å². The van der Waals surface area contributed by atoms with E-state index in [2.05, 4.69) is 4.99 Å². The highest BCUT2D eigenvalue weighted by Gasteiger charge is 2.14. The third kappa shape index (κ3) is 2.89. The van der Waals surface area contributed by atoms with Crippen LogP contribution in [0.4, 0.5) is 0 Å². The Labute approximate surface area is 158 Å². The Morgan fingerprint density at radius 3 is 2.58 bits per heavy atom. The van der Waals surface area contributed by atoms with E-state index in [9.17, 15) is 4.79 Å². The van der Waals surface area contributed by atoms with E-state index in [1.807, 2.05) is 66.2 Å². The van der Waals surface area contributed by atoms with E-state index in [0.29, 0.717) is 21.1 Å². The van der Waals surface area contributed by atoms with Crippen molar-refractivity contribution in [2.75, 3.05) is 7.11 Å². The summed E-state index contributed by atoms with van der Waals surface area (Å²) in [4.78, 5) is 17.8. The van der Waals surface area contributed by atoms with Crippen molar-refractivity contribution in [3.63, 3.8) is 0 Å². The van der Waals surface area contributed by atoms with E-state index in [1.54, 1.807) is 7.11 Å². The molecular weight excluding hydrogens is 368 g/mol. The van der Waals surface area contributed by atoms with Gasteiger partial charge in [0, 0.05) is 12.1 Å². The minimum Gasteiger partial charge on any atom is -0.496 e. The second kappa shape index (κ2) is 6.59. The van der Waals surface area contributed by atoms with E-state index < -0.39 is 0 Å². The summed E-state index contributed by atoms with van der Waals surface area (Å²) in [6, 6.07) is 17.2. The van der Waals surface area contributed by atoms with Gasteiger partial charge in [-0.15, -0.1) is 0 Å². The van der Waals surface area contributed by atoms with E-state index >= 15 is 0 Å². The maximum Gasteiger partial charge on any atom is 0.283 e. The number of halogens is 1. The number of aromatic nitrogens is 1. The van der Waals surface area contributed by atoms with Gasteiger partial charge in [-0.1, -0.05) is 47.2 Å². The first-order chi connectivity index (χ1) is 12.6. The lowest BCUT2D eigenvalue weighted by Crippen LogP contribution is -2.13. The summed E-state index contributed by atoms with van der Waals surface area (Å²) >= 11 is 7.49. The first kappa shape index (κ1) is 16.8. The number of hydrogen-bond acceptors (Lipinski definition) is 3. The molecule has 0 saturated carbocycles. The van der Waals surface area contributed by atoms with Crippen molar-refractivity contribution in [1.29, 1.82) is 0 Å². The molecule has 0 spiro atoms. The Morgan fingerprint density at radius 1 is 1.12 bits per heavy atom. The molecule has 0 fully saturated rings. The summed E-state index contributed by atoms with van der Waals surface area (Å²) in [6.45, 7) is 0. The molecule has 0 saturated heterocycles. The summed E-state index contributed by atoms with van der Waals surface area (Å²) in [5, 5.41) is 2.65. The Bertz CT molecular complexity index is 1220. The number of amides is 1. The lowest BCUT2D eigenvalue weighted by Gasteiger charge is -2.07. The number of carbonyl (C=O) groups is 1. The fraction of sp³-hybridized carbons (Fsp3) is 0.100. The molecule has 0 atom stereocenters. The van der Waals surface area contributed by atoms with Gasteiger partial charge in [0.05, 0.1) is 22.9 Å². The van der Waals surface area contributed by atoms with Crippen molar-refractivity contribution >= 4 is 49.8 Å². The SMILES string of the molecule is COc1cc2ccccc2cc1C(=O)N=c1sc2cc(Cl)ccc2n1C. The number of fused-ring (bicyclic) bond motifs is 2. The van der Waals surface area contributed by atoms with Crippen LogP contribution in [-0.4, -0.2) is 17.6 Å². The zero-order chi connectivity index (χ0) is 18.3. The fourth-order valence-electron chi connectivity index (χ4n) is 2.92. The van der Waals surface area contributed by atoms with Crippen molar-refractivity contribution in [2.24, 2.45) is 12.0 Å². The van der Waals surface area contributed by atoms with Crippen molar-refractivity contribution < 1.29 is 9.53 Å². The van der Waals surface area contributed by atoms with Gasteiger partial charge < -0.3 is 9.30 Å². The number of methoxy groups -OCH3 is 1. The average molecular weight is 383 g/mol. The molecule has 4 rings (SSSR count). The highest BCUT2D eigenvalue weighted by atomic mass is 35.5. The molecule has 0 aliphatic carbocycles. The molecule has 3 aromatic carbocycles. The third-order valence-electron chi connectivity index (χ3n) is 4.27. The van der Waals surface area contributed by atoms with Gasteiger partial charge >= 0.3 is 0 Å². The number of thiazole rings is 1. The number of carbonyl (C=O) groups excluding carboxylic acids is 1. The minimum atomic E-state index is -0.333. The normalized spacial score (nSPS) is 12.0. The molecule has 0 unspecified atom stereocenters. The average Bonchev–Trinajstić information content (AvgIpc) is 2.95. The quantitative estimate of drug-likeness (QED) is 0.500. The van der Waals surface area contributed by atoms with Crippen molar-refractivity contribution in [3.8, 4) is 5.75 Å². The predicted molar refractivity (Wildman–Crippen MR) is 106 cm³/mol. The maximum absolute atomic E-state index is 12.9. The van der Waals surface area contributed by atoms with E-state index in [1.165, 1.54) is 11.3 Å². The molecule has 0 aliphatic heterocycles. The zero-order valence-electron chi connectivity index (χ0n) is 14.2. The molecule has 1 aromatic heterocycles. The van der Waals surface area contributed by atoms with Crippen molar-refractivity contribution in [2.45, 2.75) is 0 Å². The first-order valence-corrected chi connectivity index (χ1v) is 9.17. The smallest absolute Gasteiger partial charge is 0.283 e. The Kier molecular flexibility index (Phi) is 4.26. The van der Waals surface area contributed by atoms with Crippen LogP contribution in [0.25, 0.3) is 21.0 Å². The number of nitrogens with zero attached hydrogens (tertiary/aromatic N) is 2. The fourth-order valence-corrected chi connectivity index (χ4v) is 4.21. The molecule has 4 aromatic rings. The van der Waals surface area contributed by atoms with Crippen LogP contribution in [0.15, 0.2) is 59.6 Å². The van der Waals surface area contributed by atoms with Crippen LogP contribution in [0.2, 0.25) is 5.02 Å². The summed E-state index contributed by atoms with van der Waals surface area (Å²) in [7, 11) is 3.44. The Hall–Kier alpha value is -2.63. The molecule has 1 amide bonds. The van der Waals surface area contributed by atoms with Gasteiger partial charge in [-0.25, -0.2) is 0 Å². The van der Waals surface area contributed by atoms with Crippen LogP contribution in [0.5, 0.6) is 5.75 Å². The third-order valence-corrected chi connectivity index (χ3v) is 5.60. The first-order valence-electron chi connectivity index (χ1n) is 7.98. The number of rotatable bonds is 2. The second-order valence-electron chi connectivity index (χ2n) is 5.87. The topological polar surface area (TPSA) is 43.6 Å². The highest BCUT2D eigenvalue weighted by molar-refractivity contribution is 7.16. The van der Waals surface area contributed by atoms with Gasteiger partial charge in [0.2, 0.25) is 0 Å². The Balaban J connectivity index is 1.87. The number of benzene rings is 3. The van der Waals surface area contributed by atoms with Gasteiger partial charge in [-0.2, -0.15) is 4.99 Å².